The van der Waals surface area contributed by atoms with Gasteiger partial charge in [-0.25, -0.2) is 4.98 Å². The van der Waals surface area contributed by atoms with Crippen LogP contribution in [0.4, 0.5) is 0 Å². The number of aromatic nitrogens is 2. The number of carbonyl (C=O) groups excluding carboxylic acids is 1. The van der Waals surface area contributed by atoms with E-state index in [-0.39, 0.29) is 29.0 Å². The fourth-order valence-electron chi connectivity index (χ4n) is 3.38. The molecular weight excluding hydrogens is 324 g/mol. The lowest BCUT2D eigenvalue weighted by atomic mass is 9.95. The Hall–Kier alpha value is -2.12. The van der Waals surface area contributed by atoms with Gasteiger partial charge in [-0.2, -0.15) is 0 Å². The third kappa shape index (κ3) is 2.53. The summed E-state index contributed by atoms with van der Waals surface area (Å²) in [6.07, 6.45) is 1.41. The van der Waals surface area contributed by atoms with Crippen LogP contribution in [0.25, 0.3) is 0 Å². The summed E-state index contributed by atoms with van der Waals surface area (Å²) >= 11 is 1.54. The first-order valence-corrected chi connectivity index (χ1v) is 8.96. The molecule has 1 amide bonds. The van der Waals surface area contributed by atoms with Crippen LogP contribution in [0.3, 0.4) is 0 Å². The van der Waals surface area contributed by atoms with Crippen LogP contribution in [-0.2, 0) is 6.54 Å². The van der Waals surface area contributed by atoms with Crippen molar-refractivity contribution in [1.82, 2.24) is 14.5 Å². The molecule has 0 unspecified atom stereocenters. The number of hydrogen-bond donors (Lipinski definition) is 1. The summed E-state index contributed by atoms with van der Waals surface area (Å²) in [6, 6.07) is 9.84. The highest BCUT2D eigenvalue weighted by Gasteiger charge is 2.35. The predicted octanol–water partition coefficient (Wildman–Crippen LogP) is 0.916. The number of amides is 1. The SMILES string of the molecule is N[C@@H]1CN(C(=O)c2cnc3n(c2=O)CCS3)C[C@H]1c1ccccc1. The molecule has 1 fully saturated rings. The van der Waals surface area contributed by atoms with E-state index < -0.39 is 0 Å². The first-order chi connectivity index (χ1) is 11.6. The molecule has 2 atom stereocenters. The summed E-state index contributed by atoms with van der Waals surface area (Å²) in [4.78, 5) is 31.3. The molecule has 0 radical (unpaired) electrons. The highest BCUT2D eigenvalue weighted by molar-refractivity contribution is 7.99. The number of hydrogen-bond acceptors (Lipinski definition) is 5. The number of thioether (sulfide) groups is 1. The molecule has 1 aromatic heterocycles. The molecular formula is C17H18N4O2S. The van der Waals surface area contributed by atoms with E-state index in [1.807, 2.05) is 30.3 Å². The van der Waals surface area contributed by atoms with E-state index >= 15 is 0 Å². The van der Waals surface area contributed by atoms with Gasteiger partial charge in [0, 0.05) is 43.5 Å². The first-order valence-electron chi connectivity index (χ1n) is 7.97. The summed E-state index contributed by atoms with van der Waals surface area (Å²) < 4.78 is 1.59. The molecule has 0 saturated carbocycles. The van der Waals surface area contributed by atoms with Crippen molar-refractivity contribution in [3.8, 4) is 0 Å². The Labute approximate surface area is 143 Å². The Bertz CT molecular complexity index is 836. The van der Waals surface area contributed by atoms with Crippen LogP contribution >= 0.6 is 11.8 Å². The van der Waals surface area contributed by atoms with E-state index in [0.29, 0.717) is 24.8 Å². The Morgan fingerprint density at radius 2 is 2.04 bits per heavy atom. The van der Waals surface area contributed by atoms with Crippen molar-refractivity contribution in [2.75, 3.05) is 18.8 Å². The van der Waals surface area contributed by atoms with Crippen molar-refractivity contribution in [2.24, 2.45) is 5.73 Å². The number of benzene rings is 1. The fraction of sp³-hybridized carbons (Fsp3) is 0.353. The highest BCUT2D eigenvalue weighted by atomic mass is 32.2. The minimum atomic E-state index is -0.270. The van der Waals surface area contributed by atoms with E-state index in [1.165, 1.54) is 18.0 Å². The smallest absolute Gasteiger partial charge is 0.267 e. The van der Waals surface area contributed by atoms with Gasteiger partial charge in [0.05, 0.1) is 0 Å². The minimum absolute atomic E-state index is 0.0934. The number of fused-ring (bicyclic) bond motifs is 1. The van der Waals surface area contributed by atoms with Crippen LogP contribution in [0, 0.1) is 0 Å². The Morgan fingerprint density at radius 3 is 2.83 bits per heavy atom. The zero-order chi connectivity index (χ0) is 16.7. The summed E-state index contributed by atoms with van der Waals surface area (Å²) in [6.45, 7) is 1.59. The monoisotopic (exact) mass is 342 g/mol. The molecule has 7 heteroatoms. The van der Waals surface area contributed by atoms with E-state index in [2.05, 4.69) is 4.98 Å². The van der Waals surface area contributed by atoms with Crippen molar-refractivity contribution in [3.63, 3.8) is 0 Å². The highest BCUT2D eigenvalue weighted by Crippen LogP contribution is 2.27. The van der Waals surface area contributed by atoms with E-state index in [9.17, 15) is 9.59 Å². The molecule has 0 aliphatic carbocycles. The lowest BCUT2D eigenvalue weighted by Gasteiger charge is -2.16. The van der Waals surface area contributed by atoms with Crippen LogP contribution in [0.2, 0.25) is 0 Å². The number of nitrogens with two attached hydrogens (primary N) is 1. The molecule has 1 saturated heterocycles. The van der Waals surface area contributed by atoms with Gasteiger partial charge in [-0.15, -0.1) is 0 Å². The Kier molecular flexibility index (Phi) is 3.90. The molecule has 4 rings (SSSR count). The lowest BCUT2D eigenvalue weighted by Crippen LogP contribution is -2.37. The van der Waals surface area contributed by atoms with Gasteiger partial charge in [-0.05, 0) is 5.56 Å². The standard InChI is InChI=1S/C17H18N4O2S/c18-14-10-20(9-13(14)11-4-2-1-3-5-11)15(22)12-8-19-17-21(16(12)23)6-7-24-17/h1-5,8,13-14H,6-7,9-10,18H2/t13-,14+/m0/s1. The van der Waals surface area contributed by atoms with E-state index in [0.717, 1.165) is 11.3 Å². The van der Waals surface area contributed by atoms with Crippen LogP contribution in [0.1, 0.15) is 21.8 Å². The first kappa shape index (κ1) is 15.4. The van der Waals surface area contributed by atoms with Gasteiger partial charge in [-0.1, -0.05) is 42.1 Å². The third-order valence-corrected chi connectivity index (χ3v) is 5.64. The number of rotatable bonds is 2. The molecule has 0 bridgehead atoms. The van der Waals surface area contributed by atoms with Crippen LogP contribution in [0.5, 0.6) is 0 Å². The summed E-state index contributed by atoms with van der Waals surface area (Å²) in [5, 5.41) is 0.692. The molecule has 3 heterocycles. The van der Waals surface area contributed by atoms with Gasteiger partial charge in [0.15, 0.2) is 5.16 Å². The number of likely N-dealkylation sites (tertiary alicyclic amines) is 1. The van der Waals surface area contributed by atoms with Gasteiger partial charge < -0.3 is 10.6 Å². The van der Waals surface area contributed by atoms with Gasteiger partial charge in [-0.3, -0.25) is 14.2 Å². The van der Waals surface area contributed by atoms with E-state index in [4.69, 9.17) is 5.73 Å². The van der Waals surface area contributed by atoms with Crippen LogP contribution in [-0.4, -0.2) is 45.2 Å². The maximum Gasteiger partial charge on any atom is 0.267 e. The Balaban J connectivity index is 1.59. The molecule has 6 nitrogen and oxygen atoms in total. The number of nitrogens with zero attached hydrogens (tertiary/aromatic N) is 3. The molecule has 0 spiro atoms. The molecule has 1 aromatic carbocycles. The van der Waals surface area contributed by atoms with Crippen LogP contribution < -0.4 is 11.3 Å². The average molecular weight is 342 g/mol. The van der Waals surface area contributed by atoms with Gasteiger partial charge in [0.1, 0.15) is 5.56 Å². The fourth-order valence-corrected chi connectivity index (χ4v) is 4.30. The largest absolute Gasteiger partial charge is 0.336 e. The lowest BCUT2D eigenvalue weighted by molar-refractivity contribution is 0.0786. The topological polar surface area (TPSA) is 81.2 Å². The van der Waals surface area contributed by atoms with Crippen molar-refractivity contribution in [2.45, 2.75) is 23.7 Å². The predicted molar refractivity (Wildman–Crippen MR) is 92.3 cm³/mol. The minimum Gasteiger partial charge on any atom is -0.336 e. The van der Waals surface area contributed by atoms with Crippen LogP contribution in [0.15, 0.2) is 46.5 Å². The number of carbonyl (C=O) groups is 1. The second-order valence-corrected chi connectivity index (χ2v) is 7.21. The van der Waals surface area contributed by atoms with Gasteiger partial charge in [0.2, 0.25) is 0 Å². The third-order valence-electron chi connectivity index (χ3n) is 4.67. The zero-order valence-electron chi connectivity index (χ0n) is 13.1. The van der Waals surface area contributed by atoms with Gasteiger partial charge in [0.25, 0.3) is 11.5 Å². The molecule has 124 valence electrons. The summed E-state index contributed by atoms with van der Waals surface area (Å²) in [7, 11) is 0. The molecule has 2 aromatic rings. The zero-order valence-corrected chi connectivity index (χ0v) is 13.9. The average Bonchev–Trinajstić information content (AvgIpc) is 3.22. The Morgan fingerprint density at radius 1 is 1.25 bits per heavy atom. The second-order valence-electron chi connectivity index (χ2n) is 6.15. The maximum atomic E-state index is 12.8. The summed E-state index contributed by atoms with van der Waals surface area (Å²) in [5.41, 5.74) is 7.27. The molecule has 24 heavy (non-hydrogen) atoms. The van der Waals surface area contributed by atoms with Crippen molar-refractivity contribution < 1.29 is 4.79 Å². The molecule has 2 N–H and O–H groups in total. The maximum absolute atomic E-state index is 12.8. The van der Waals surface area contributed by atoms with Gasteiger partial charge >= 0.3 is 0 Å². The normalized spacial score (nSPS) is 22.6. The molecule has 2 aliphatic rings. The van der Waals surface area contributed by atoms with Crippen molar-refractivity contribution in [1.29, 1.82) is 0 Å². The quantitative estimate of drug-likeness (QED) is 0.821. The van der Waals surface area contributed by atoms with Crippen molar-refractivity contribution in [3.05, 3.63) is 58.0 Å². The molecule has 2 aliphatic heterocycles. The summed E-state index contributed by atoms with van der Waals surface area (Å²) in [5.74, 6) is 0.648. The van der Waals surface area contributed by atoms with Crippen molar-refractivity contribution >= 4 is 17.7 Å². The second kappa shape index (κ2) is 6.07. The van der Waals surface area contributed by atoms with E-state index in [1.54, 1.807) is 9.47 Å².